The van der Waals surface area contributed by atoms with Crippen molar-refractivity contribution in [1.82, 2.24) is 4.90 Å². The number of nitrogens with one attached hydrogen (secondary N) is 1. The van der Waals surface area contributed by atoms with Gasteiger partial charge >= 0.3 is 0 Å². The lowest BCUT2D eigenvalue weighted by Crippen LogP contribution is -2.34. The van der Waals surface area contributed by atoms with Crippen molar-refractivity contribution in [2.24, 2.45) is 11.7 Å². The Morgan fingerprint density at radius 2 is 1.85 bits per heavy atom. The molecule has 2 unspecified atom stereocenters. The molecule has 1 rings (SSSR count). The number of hydrogen-bond donors (Lipinski definition) is 2. The highest BCUT2D eigenvalue weighted by Gasteiger charge is 2.18. The van der Waals surface area contributed by atoms with Crippen LogP contribution in [0.5, 0.6) is 0 Å². The number of amides is 2. The quantitative estimate of drug-likeness (QED) is 0.878. The molecule has 0 spiro atoms. The molecule has 20 heavy (non-hydrogen) atoms. The summed E-state index contributed by atoms with van der Waals surface area (Å²) in [6, 6.07) is 5.05. The number of carbonyl (C=O) groups is 2. The fraction of sp³-hybridized carbons (Fsp3) is 0.467. The van der Waals surface area contributed by atoms with E-state index in [0.717, 1.165) is 5.56 Å². The van der Waals surface area contributed by atoms with Crippen LogP contribution in [0.2, 0.25) is 0 Å². The largest absolute Gasteiger partial charge is 0.345 e. The van der Waals surface area contributed by atoms with Gasteiger partial charge in [-0.2, -0.15) is 0 Å². The molecule has 3 N–H and O–H groups in total. The molecule has 0 saturated heterocycles. The molecule has 0 bridgehead atoms. The molecular weight excluding hydrogens is 254 g/mol. The highest BCUT2D eigenvalue weighted by Crippen LogP contribution is 2.19. The van der Waals surface area contributed by atoms with Gasteiger partial charge < -0.3 is 16.0 Å². The molecule has 1 aromatic rings. The molecule has 0 fully saturated rings. The second-order valence-electron chi connectivity index (χ2n) is 5.37. The Hall–Kier alpha value is -1.88. The first kappa shape index (κ1) is 16.2. The van der Waals surface area contributed by atoms with Gasteiger partial charge in [0.15, 0.2) is 0 Å². The summed E-state index contributed by atoms with van der Waals surface area (Å²) in [5.41, 5.74) is 7.83. The van der Waals surface area contributed by atoms with Gasteiger partial charge in [-0.3, -0.25) is 9.59 Å². The summed E-state index contributed by atoms with van der Waals surface area (Å²) in [5, 5.41) is 2.84. The van der Waals surface area contributed by atoms with Crippen molar-refractivity contribution in [3.63, 3.8) is 0 Å². The van der Waals surface area contributed by atoms with E-state index < -0.39 is 0 Å². The Balaban J connectivity index is 2.98. The zero-order valence-corrected chi connectivity index (χ0v) is 12.7. The molecule has 0 aliphatic heterocycles. The van der Waals surface area contributed by atoms with Crippen LogP contribution in [-0.2, 0) is 4.79 Å². The van der Waals surface area contributed by atoms with Crippen LogP contribution in [0.1, 0.15) is 29.8 Å². The lowest BCUT2D eigenvalue weighted by Gasteiger charge is -2.17. The topological polar surface area (TPSA) is 75.4 Å². The molecule has 2 amide bonds. The van der Waals surface area contributed by atoms with E-state index in [0.29, 0.717) is 11.3 Å². The molecule has 0 aliphatic carbocycles. The highest BCUT2D eigenvalue weighted by molar-refractivity contribution is 5.98. The number of anilines is 1. The number of nitrogens with zero attached hydrogens (tertiary/aromatic N) is 1. The van der Waals surface area contributed by atoms with E-state index in [4.69, 9.17) is 5.73 Å². The average molecular weight is 277 g/mol. The number of carbonyl (C=O) groups excluding carboxylic acids is 2. The Labute approximate surface area is 120 Å². The Morgan fingerprint density at radius 1 is 1.25 bits per heavy atom. The molecule has 5 heteroatoms. The van der Waals surface area contributed by atoms with Crippen molar-refractivity contribution >= 4 is 17.5 Å². The van der Waals surface area contributed by atoms with Gasteiger partial charge in [0.1, 0.15) is 0 Å². The monoisotopic (exact) mass is 277 g/mol. The van der Waals surface area contributed by atoms with Crippen molar-refractivity contribution < 1.29 is 9.59 Å². The van der Waals surface area contributed by atoms with Gasteiger partial charge in [-0.25, -0.2) is 0 Å². The van der Waals surface area contributed by atoms with E-state index in [1.54, 1.807) is 40.1 Å². The summed E-state index contributed by atoms with van der Waals surface area (Å²) in [4.78, 5) is 25.5. The second kappa shape index (κ2) is 6.52. The number of benzene rings is 1. The molecule has 0 radical (unpaired) electrons. The fourth-order valence-corrected chi connectivity index (χ4v) is 1.63. The summed E-state index contributed by atoms with van der Waals surface area (Å²) >= 11 is 0. The van der Waals surface area contributed by atoms with Gasteiger partial charge in [0.2, 0.25) is 5.91 Å². The molecule has 0 aliphatic rings. The minimum atomic E-state index is -0.289. The molecule has 0 heterocycles. The van der Waals surface area contributed by atoms with Gasteiger partial charge in [-0.1, -0.05) is 13.0 Å². The zero-order valence-electron chi connectivity index (χ0n) is 12.7. The van der Waals surface area contributed by atoms with E-state index in [9.17, 15) is 9.59 Å². The van der Waals surface area contributed by atoms with Gasteiger partial charge in [-0.05, 0) is 31.5 Å². The summed E-state index contributed by atoms with van der Waals surface area (Å²) in [5.74, 6) is -0.527. The van der Waals surface area contributed by atoms with Crippen LogP contribution >= 0.6 is 0 Å². The predicted octanol–water partition coefficient (Wildman–Crippen LogP) is 1.62. The maximum absolute atomic E-state index is 12.0. The maximum atomic E-state index is 12.0. The van der Waals surface area contributed by atoms with E-state index in [1.807, 2.05) is 13.0 Å². The van der Waals surface area contributed by atoms with Crippen LogP contribution in [0.15, 0.2) is 18.2 Å². The molecule has 0 aromatic heterocycles. The molecule has 110 valence electrons. The molecule has 1 aromatic carbocycles. The molecular formula is C15H23N3O2. The summed E-state index contributed by atoms with van der Waals surface area (Å²) in [7, 11) is 3.39. The summed E-state index contributed by atoms with van der Waals surface area (Å²) < 4.78 is 0. The number of rotatable bonds is 4. The first-order valence-electron chi connectivity index (χ1n) is 6.62. The molecule has 2 atom stereocenters. The third-order valence-corrected chi connectivity index (χ3v) is 3.35. The third kappa shape index (κ3) is 3.81. The van der Waals surface area contributed by atoms with Crippen molar-refractivity contribution in [2.45, 2.75) is 26.8 Å². The van der Waals surface area contributed by atoms with Gasteiger partial charge in [-0.15, -0.1) is 0 Å². The third-order valence-electron chi connectivity index (χ3n) is 3.35. The van der Waals surface area contributed by atoms with Gasteiger partial charge in [0, 0.05) is 31.4 Å². The number of hydrogen-bond acceptors (Lipinski definition) is 3. The van der Waals surface area contributed by atoms with Crippen LogP contribution in [0, 0.1) is 12.8 Å². The van der Waals surface area contributed by atoms with Crippen LogP contribution in [-0.4, -0.2) is 36.9 Å². The SMILES string of the molecule is Cc1ccc(C(=O)N(C)C)cc1NC(=O)C(C)C(C)N. The molecule has 5 nitrogen and oxygen atoms in total. The van der Waals surface area contributed by atoms with Gasteiger partial charge in [0.05, 0.1) is 5.92 Å². The van der Waals surface area contributed by atoms with Crippen molar-refractivity contribution in [3.8, 4) is 0 Å². The summed E-state index contributed by atoms with van der Waals surface area (Å²) in [6.07, 6.45) is 0. The molecule has 0 saturated carbocycles. The first-order valence-corrected chi connectivity index (χ1v) is 6.62. The minimum Gasteiger partial charge on any atom is -0.345 e. The lowest BCUT2D eigenvalue weighted by molar-refractivity contribution is -0.119. The first-order chi connectivity index (χ1) is 9.23. The standard InChI is InChI=1S/C15H23N3O2/c1-9-6-7-12(15(20)18(4)5)8-13(9)17-14(19)10(2)11(3)16/h6-8,10-11H,16H2,1-5H3,(H,17,19). The van der Waals surface area contributed by atoms with Crippen molar-refractivity contribution in [2.75, 3.05) is 19.4 Å². The normalized spacial score (nSPS) is 13.5. The van der Waals surface area contributed by atoms with E-state index >= 15 is 0 Å². The smallest absolute Gasteiger partial charge is 0.253 e. The second-order valence-corrected chi connectivity index (χ2v) is 5.37. The average Bonchev–Trinajstić information content (AvgIpc) is 2.39. The number of aryl methyl sites for hydroxylation is 1. The fourth-order valence-electron chi connectivity index (χ4n) is 1.63. The maximum Gasteiger partial charge on any atom is 0.253 e. The van der Waals surface area contributed by atoms with Crippen LogP contribution in [0.25, 0.3) is 0 Å². The van der Waals surface area contributed by atoms with Gasteiger partial charge in [0.25, 0.3) is 5.91 Å². The van der Waals surface area contributed by atoms with Crippen LogP contribution in [0.4, 0.5) is 5.69 Å². The zero-order chi connectivity index (χ0) is 15.4. The summed E-state index contributed by atoms with van der Waals surface area (Å²) in [6.45, 7) is 5.46. The van der Waals surface area contributed by atoms with Crippen LogP contribution < -0.4 is 11.1 Å². The van der Waals surface area contributed by atoms with Crippen LogP contribution in [0.3, 0.4) is 0 Å². The Kier molecular flexibility index (Phi) is 5.27. The van der Waals surface area contributed by atoms with E-state index in [2.05, 4.69) is 5.32 Å². The van der Waals surface area contributed by atoms with Crippen molar-refractivity contribution in [3.05, 3.63) is 29.3 Å². The minimum absolute atomic E-state index is 0.0965. The van der Waals surface area contributed by atoms with Crippen molar-refractivity contribution in [1.29, 1.82) is 0 Å². The number of nitrogens with two attached hydrogens (primary N) is 1. The Morgan fingerprint density at radius 3 is 2.35 bits per heavy atom. The van der Waals surface area contributed by atoms with E-state index in [-0.39, 0.29) is 23.8 Å². The Bertz CT molecular complexity index is 510. The van der Waals surface area contributed by atoms with E-state index in [1.165, 1.54) is 4.90 Å². The predicted molar refractivity (Wildman–Crippen MR) is 80.6 cm³/mol. The lowest BCUT2D eigenvalue weighted by atomic mass is 10.0. The highest BCUT2D eigenvalue weighted by atomic mass is 16.2.